The molecular formula is C28H28N2O3. The summed E-state index contributed by atoms with van der Waals surface area (Å²) in [7, 11) is 0. The second kappa shape index (κ2) is 10.6. The Morgan fingerprint density at radius 3 is 2.45 bits per heavy atom. The number of hydrogen-bond acceptors (Lipinski definition) is 4. The molecule has 168 valence electrons. The second-order valence-corrected chi connectivity index (χ2v) is 7.80. The highest BCUT2D eigenvalue weighted by molar-refractivity contribution is 5.94. The zero-order valence-corrected chi connectivity index (χ0v) is 18.9. The van der Waals surface area contributed by atoms with E-state index in [1.54, 1.807) is 0 Å². The van der Waals surface area contributed by atoms with Crippen molar-refractivity contribution in [1.82, 2.24) is 0 Å². The number of aryl methyl sites for hydroxylation is 1. The van der Waals surface area contributed by atoms with Gasteiger partial charge in [-0.15, -0.1) is 0 Å². The van der Waals surface area contributed by atoms with Crippen LogP contribution in [0.15, 0.2) is 84.9 Å². The van der Waals surface area contributed by atoms with Crippen molar-refractivity contribution in [3.8, 4) is 11.5 Å². The number of anilines is 2. The third kappa shape index (κ3) is 5.83. The van der Waals surface area contributed by atoms with Crippen molar-refractivity contribution in [3.05, 3.63) is 96.1 Å². The third-order valence-corrected chi connectivity index (χ3v) is 5.27. The lowest BCUT2D eigenvalue weighted by Gasteiger charge is -2.15. The summed E-state index contributed by atoms with van der Waals surface area (Å²) in [5, 5.41) is 8.74. The van der Waals surface area contributed by atoms with E-state index in [1.807, 2.05) is 68.4 Å². The van der Waals surface area contributed by atoms with Gasteiger partial charge < -0.3 is 20.1 Å². The van der Waals surface area contributed by atoms with E-state index >= 15 is 0 Å². The first-order valence-corrected chi connectivity index (χ1v) is 11.1. The molecule has 0 aromatic heterocycles. The van der Waals surface area contributed by atoms with Crippen LogP contribution in [0.2, 0.25) is 0 Å². The number of nitrogens with one attached hydrogen (secondary N) is 2. The summed E-state index contributed by atoms with van der Waals surface area (Å²) in [6.45, 7) is 4.98. The molecule has 2 N–H and O–H groups in total. The van der Waals surface area contributed by atoms with Gasteiger partial charge in [-0.25, -0.2) is 0 Å². The van der Waals surface area contributed by atoms with Gasteiger partial charge in [0.05, 0.1) is 6.61 Å². The minimum atomic E-state index is -0.219. The van der Waals surface area contributed by atoms with Crippen LogP contribution in [0, 0.1) is 6.92 Å². The van der Waals surface area contributed by atoms with Crippen molar-refractivity contribution in [2.75, 3.05) is 23.8 Å². The largest absolute Gasteiger partial charge is 0.490 e. The minimum Gasteiger partial charge on any atom is -0.490 e. The van der Waals surface area contributed by atoms with Crippen LogP contribution in [0.25, 0.3) is 10.8 Å². The van der Waals surface area contributed by atoms with Crippen molar-refractivity contribution in [2.45, 2.75) is 20.4 Å². The molecule has 0 aliphatic rings. The maximum atomic E-state index is 12.3. The zero-order chi connectivity index (χ0) is 23.0. The van der Waals surface area contributed by atoms with Crippen molar-refractivity contribution in [1.29, 1.82) is 0 Å². The molecule has 0 radical (unpaired) electrons. The molecule has 0 heterocycles. The summed E-state index contributed by atoms with van der Waals surface area (Å²) < 4.78 is 11.5. The van der Waals surface area contributed by atoms with Gasteiger partial charge in [0.1, 0.15) is 0 Å². The highest BCUT2D eigenvalue weighted by Gasteiger charge is 2.10. The topological polar surface area (TPSA) is 59.6 Å². The fourth-order valence-corrected chi connectivity index (χ4v) is 3.60. The minimum absolute atomic E-state index is 0.0957. The van der Waals surface area contributed by atoms with Crippen LogP contribution in [-0.4, -0.2) is 19.1 Å². The monoisotopic (exact) mass is 440 g/mol. The van der Waals surface area contributed by atoms with Gasteiger partial charge >= 0.3 is 0 Å². The van der Waals surface area contributed by atoms with Gasteiger partial charge in [-0.2, -0.15) is 0 Å². The van der Waals surface area contributed by atoms with E-state index in [0.29, 0.717) is 24.7 Å². The first kappa shape index (κ1) is 22.2. The van der Waals surface area contributed by atoms with Crippen molar-refractivity contribution in [2.24, 2.45) is 0 Å². The normalized spacial score (nSPS) is 10.6. The van der Waals surface area contributed by atoms with Crippen LogP contribution >= 0.6 is 0 Å². The summed E-state index contributed by atoms with van der Waals surface area (Å²) in [6.07, 6.45) is 0. The lowest BCUT2D eigenvalue weighted by atomic mass is 10.1. The first-order chi connectivity index (χ1) is 16.1. The number of hydrogen-bond donors (Lipinski definition) is 2. The van der Waals surface area contributed by atoms with E-state index in [9.17, 15) is 4.79 Å². The van der Waals surface area contributed by atoms with E-state index in [-0.39, 0.29) is 12.5 Å². The van der Waals surface area contributed by atoms with Crippen LogP contribution in [0.5, 0.6) is 11.5 Å². The predicted octanol–water partition coefficient (Wildman–Crippen LogP) is 6.18. The summed E-state index contributed by atoms with van der Waals surface area (Å²) >= 11 is 0. The van der Waals surface area contributed by atoms with Gasteiger partial charge in [0, 0.05) is 23.3 Å². The van der Waals surface area contributed by atoms with E-state index in [1.165, 1.54) is 10.8 Å². The Morgan fingerprint density at radius 1 is 0.848 bits per heavy atom. The van der Waals surface area contributed by atoms with E-state index in [4.69, 9.17) is 9.47 Å². The predicted molar refractivity (Wildman–Crippen MR) is 134 cm³/mol. The highest BCUT2D eigenvalue weighted by Crippen LogP contribution is 2.30. The van der Waals surface area contributed by atoms with Gasteiger partial charge in [0.2, 0.25) is 0 Å². The average molecular weight is 441 g/mol. The molecule has 0 atom stereocenters. The fraction of sp³-hybridized carbons (Fsp3) is 0.179. The van der Waals surface area contributed by atoms with Crippen LogP contribution in [0.4, 0.5) is 11.4 Å². The van der Waals surface area contributed by atoms with Gasteiger partial charge in [-0.1, -0.05) is 60.2 Å². The smallest absolute Gasteiger partial charge is 0.262 e. The number of amides is 1. The Morgan fingerprint density at radius 2 is 1.64 bits per heavy atom. The second-order valence-electron chi connectivity index (χ2n) is 7.80. The standard InChI is InChI=1S/C28H28N2O3/c1-3-32-27-17-21(18-29-25-10-6-8-22-7-4-5-9-24(22)25)13-16-26(27)33-19-28(31)30-23-14-11-20(2)12-15-23/h4-17,29H,3,18-19H2,1-2H3,(H,30,31). The number of rotatable bonds is 9. The molecule has 4 aromatic rings. The summed E-state index contributed by atoms with van der Waals surface area (Å²) in [4.78, 5) is 12.3. The van der Waals surface area contributed by atoms with Crippen LogP contribution in [0.1, 0.15) is 18.1 Å². The molecule has 0 bridgehead atoms. The van der Waals surface area contributed by atoms with Gasteiger partial charge in [-0.05, 0) is 55.1 Å². The first-order valence-electron chi connectivity index (χ1n) is 11.1. The van der Waals surface area contributed by atoms with E-state index < -0.39 is 0 Å². The number of fused-ring (bicyclic) bond motifs is 1. The Hall–Kier alpha value is -3.99. The summed E-state index contributed by atoms with van der Waals surface area (Å²) in [5.41, 5.74) is 4.02. The molecule has 0 fully saturated rings. The molecule has 0 aliphatic heterocycles. The molecule has 0 saturated carbocycles. The quantitative estimate of drug-likeness (QED) is 0.326. The Balaban J connectivity index is 1.40. The molecule has 33 heavy (non-hydrogen) atoms. The molecule has 0 aliphatic carbocycles. The van der Waals surface area contributed by atoms with Crippen LogP contribution in [0.3, 0.4) is 0 Å². The Bertz CT molecular complexity index is 1230. The molecule has 4 rings (SSSR count). The van der Waals surface area contributed by atoms with Crippen molar-refractivity contribution >= 4 is 28.1 Å². The summed E-state index contributed by atoms with van der Waals surface area (Å²) in [6, 6.07) is 28.0. The van der Waals surface area contributed by atoms with Crippen molar-refractivity contribution in [3.63, 3.8) is 0 Å². The Labute approximate surface area is 194 Å². The van der Waals surface area contributed by atoms with E-state index in [2.05, 4.69) is 41.0 Å². The molecule has 0 saturated heterocycles. The fourth-order valence-electron chi connectivity index (χ4n) is 3.60. The molecule has 4 aromatic carbocycles. The molecule has 5 heteroatoms. The molecular weight excluding hydrogens is 412 g/mol. The number of carbonyl (C=O) groups excluding carboxylic acids is 1. The molecule has 1 amide bonds. The number of benzene rings is 4. The lowest BCUT2D eigenvalue weighted by Crippen LogP contribution is -2.20. The number of ether oxygens (including phenoxy) is 2. The van der Waals surface area contributed by atoms with Gasteiger partial charge in [0.25, 0.3) is 5.91 Å². The van der Waals surface area contributed by atoms with Crippen LogP contribution in [-0.2, 0) is 11.3 Å². The maximum absolute atomic E-state index is 12.3. The highest BCUT2D eigenvalue weighted by atomic mass is 16.5. The number of carbonyl (C=O) groups is 1. The molecule has 0 unspecified atom stereocenters. The Kier molecular flexibility index (Phi) is 7.10. The van der Waals surface area contributed by atoms with Gasteiger partial charge in [-0.3, -0.25) is 4.79 Å². The average Bonchev–Trinajstić information content (AvgIpc) is 2.84. The zero-order valence-electron chi connectivity index (χ0n) is 18.9. The lowest BCUT2D eigenvalue weighted by molar-refractivity contribution is -0.118. The SMILES string of the molecule is CCOc1cc(CNc2cccc3ccccc23)ccc1OCC(=O)Nc1ccc(C)cc1. The van der Waals surface area contributed by atoms with Crippen LogP contribution < -0.4 is 20.1 Å². The van der Waals surface area contributed by atoms with E-state index in [0.717, 1.165) is 22.5 Å². The van der Waals surface area contributed by atoms with Crippen molar-refractivity contribution < 1.29 is 14.3 Å². The molecule has 0 spiro atoms. The third-order valence-electron chi connectivity index (χ3n) is 5.27. The maximum Gasteiger partial charge on any atom is 0.262 e. The molecule has 5 nitrogen and oxygen atoms in total. The summed E-state index contributed by atoms with van der Waals surface area (Å²) in [5.74, 6) is 0.950. The van der Waals surface area contributed by atoms with Gasteiger partial charge in [0.15, 0.2) is 18.1 Å².